The van der Waals surface area contributed by atoms with Crippen LogP contribution < -0.4 is 5.73 Å². The molecule has 0 aliphatic heterocycles. The van der Waals surface area contributed by atoms with Crippen molar-refractivity contribution in [3.8, 4) is 11.4 Å². The van der Waals surface area contributed by atoms with Crippen LogP contribution in [-0.4, -0.2) is 24.8 Å². The lowest BCUT2D eigenvalue weighted by Crippen LogP contribution is -1.98. The number of sulfone groups is 1. The molecule has 0 unspecified atom stereocenters. The van der Waals surface area contributed by atoms with Crippen LogP contribution in [0.5, 0.6) is 0 Å². The van der Waals surface area contributed by atoms with Gasteiger partial charge in [-0.1, -0.05) is 5.16 Å². The van der Waals surface area contributed by atoms with Crippen LogP contribution in [-0.2, 0) is 16.4 Å². The van der Waals surface area contributed by atoms with Crippen LogP contribution in [0.2, 0.25) is 0 Å². The third-order valence-corrected chi connectivity index (χ3v) is 4.31. The number of nitrogens with zero attached hydrogens (tertiary/aromatic N) is 2. The molecule has 1 aromatic heterocycles. The number of hydrogen-bond donors (Lipinski definition) is 1. The molecule has 1 heterocycles. The Balaban J connectivity index is 2.46. The maximum absolute atomic E-state index is 11.5. The van der Waals surface area contributed by atoms with E-state index in [0.29, 0.717) is 21.8 Å². The third kappa shape index (κ3) is 2.60. The fourth-order valence-corrected chi connectivity index (χ4v) is 3.38. The highest BCUT2D eigenvalue weighted by Crippen LogP contribution is 2.27. The van der Waals surface area contributed by atoms with Crippen LogP contribution in [0.25, 0.3) is 11.4 Å². The molecule has 0 bridgehead atoms. The summed E-state index contributed by atoms with van der Waals surface area (Å²) in [6.45, 7) is 0.162. The van der Waals surface area contributed by atoms with Gasteiger partial charge in [-0.2, -0.15) is 4.98 Å². The standard InChI is InChI=1S/C10H10BrN3O3S/c1-18(15,16)8-3-2-6(4-7(8)11)10-13-9(5-12)17-14-10/h2-4H,5,12H2,1H3. The molecule has 2 N–H and O–H groups in total. The van der Waals surface area contributed by atoms with Gasteiger partial charge in [-0.25, -0.2) is 8.42 Å². The normalized spacial score (nSPS) is 11.7. The van der Waals surface area contributed by atoms with Crippen molar-refractivity contribution >= 4 is 25.8 Å². The second kappa shape index (κ2) is 4.79. The Labute approximate surface area is 112 Å². The second-order valence-electron chi connectivity index (χ2n) is 3.63. The van der Waals surface area contributed by atoms with Crippen LogP contribution in [0.4, 0.5) is 0 Å². The van der Waals surface area contributed by atoms with Gasteiger partial charge in [0.2, 0.25) is 11.7 Å². The van der Waals surface area contributed by atoms with Gasteiger partial charge in [0.1, 0.15) is 0 Å². The summed E-state index contributed by atoms with van der Waals surface area (Å²) in [5, 5.41) is 3.75. The molecule has 2 aromatic rings. The van der Waals surface area contributed by atoms with Crippen LogP contribution >= 0.6 is 15.9 Å². The molecule has 0 radical (unpaired) electrons. The topological polar surface area (TPSA) is 99.1 Å². The summed E-state index contributed by atoms with van der Waals surface area (Å²) in [4.78, 5) is 4.28. The van der Waals surface area contributed by atoms with Crippen molar-refractivity contribution in [3.63, 3.8) is 0 Å². The fourth-order valence-electron chi connectivity index (χ4n) is 1.40. The lowest BCUT2D eigenvalue weighted by atomic mass is 10.2. The highest BCUT2D eigenvalue weighted by molar-refractivity contribution is 9.10. The number of hydrogen-bond acceptors (Lipinski definition) is 6. The van der Waals surface area contributed by atoms with E-state index in [9.17, 15) is 8.42 Å². The smallest absolute Gasteiger partial charge is 0.240 e. The van der Waals surface area contributed by atoms with E-state index in [0.717, 1.165) is 6.26 Å². The summed E-state index contributed by atoms with van der Waals surface area (Å²) in [7, 11) is -3.26. The predicted molar refractivity (Wildman–Crippen MR) is 68.4 cm³/mol. The molecule has 18 heavy (non-hydrogen) atoms. The minimum Gasteiger partial charge on any atom is -0.338 e. The van der Waals surface area contributed by atoms with Gasteiger partial charge in [0.25, 0.3) is 0 Å². The maximum atomic E-state index is 11.5. The maximum Gasteiger partial charge on any atom is 0.240 e. The monoisotopic (exact) mass is 331 g/mol. The van der Waals surface area contributed by atoms with E-state index in [2.05, 4.69) is 26.1 Å². The Morgan fingerprint density at radius 1 is 1.44 bits per heavy atom. The van der Waals surface area contributed by atoms with Gasteiger partial charge in [-0.15, -0.1) is 0 Å². The number of benzene rings is 1. The van der Waals surface area contributed by atoms with Crippen molar-refractivity contribution in [2.75, 3.05) is 6.26 Å². The van der Waals surface area contributed by atoms with Gasteiger partial charge in [0.15, 0.2) is 9.84 Å². The zero-order valence-electron chi connectivity index (χ0n) is 9.42. The predicted octanol–water partition coefficient (Wildman–Crippen LogP) is 1.36. The Kier molecular flexibility index (Phi) is 3.51. The molecule has 0 fully saturated rings. The fraction of sp³-hybridized carbons (Fsp3) is 0.200. The van der Waals surface area contributed by atoms with E-state index >= 15 is 0 Å². The van der Waals surface area contributed by atoms with Gasteiger partial charge < -0.3 is 10.3 Å². The van der Waals surface area contributed by atoms with E-state index in [-0.39, 0.29) is 11.4 Å². The molecule has 0 spiro atoms. The number of rotatable bonds is 3. The molecule has 2 rings (SSSR count). The van der Waals surface area contributed by atoms with E-state index in [1.807, 2.05) is 0 Å². The molecule has 0 aliphatic rings. The molecule has 8 heteroatoms. The minimum atomic E-state index is -3.26. The zero-order chi connectivity index (χ0) is 13.3. The van der Waals surface area contributed by atoms with Crippen molar-refractivity contribution in [2.45, 2.75) is 11.4 Å². The van der Waals surface area contributed by atoms with Gasteiger partial charge in [-0.05, 0) is 34.1 Å². The Hall–Kier alpha value is -1.25. The van der Waals surface area contributed by atoms with Crippen molar-refractivity contribution in [2.24, 2.45) is 5.73 Å². The first kappa shape index (κ1) is 13.2. The zero-order valence-corrected chi connectivity index (χ0v) is 11.8. The summed E-state index contributed by atoms with van der Waals surface area (Å²) in [5.74, 6) is 0.699. The van der Waals surface area contributed by atoms with Crippen molar-refractivity contribution in [1.29, 1.82) is 0 Å². The first-order valence-electron chi connectivity index (χ1n) is 4.94. The van der Waals surface area contributed by atoms with Crippen LogP contribution in [0, 0.1) is 0 Å². The summed E-state index contributed by atoms with van der Waals surface area (Å²) in [6, 6.07) is 4.74. The number of aromatic nitrogens is 2. The SMILES string of the molecule is CS(=O)(=O)c1ccc(-c2noc(CN)n2)cc1Br. The summed E-state index contributed by atoms with van der Waals surface area (Å²) in [6.07, 6.45) is 1.15. The summed E-state index contributed by atoms with van der Waals surface area (Å²) in [5.41, 5.74) is 6.02. The van der Waals surface area contributed by atoms with Gasteiger partial charge in [-0.3, -0.25) is 0 Å². The molecule has 0 amide bonds. The van der Waals surface area contributed by atoms with Crippen LogP contribution in [0.3, 0.4) is 0 Å². The largest absolute Gasteiger partial charge is 0.338 e. The van der Waals surface area contributed by atoms with E-state index in [1.165, 1.54) is 6.07 Å². The van der Waals surface area contributed by atoms with Gasteiger partial charge in [0.05, 0.1) is 11.4 Å². The molecule has 6 nitrogen and oxygen atoms in total. The van der Waals surface area contributed by atoms with Crippen molar-refractivity contribution in [1.82, 2.24) is 10.1 Å². The Bertz CT molecular complexity index is 681. The van der Waals surface area contributed by atoms with E-state index in [1.54, 1.807) is 12.1 Å². The van der Waals surface area contributed by atoms with E-state index in [4.69, 9.17) is 10.3 Å². The lowest BCUT2D eigenvalue weighted by Gasteiger charge is -2.03. The highest BCUT2D eigenvalue weighted by atomic mass is 79.9. The van der Waals surface area contributed by atoms with E-state index < -0.39 is 9.84 Å². The van der Waals surface area contributed by atoms with Crippen molar-refractivity contribution < 1.29 is 12.9 Å². The second-order valence-corrected chi connectivity index (χ2v) is 6.47. The number of halogens is 1. The first-order valence-corrected chi connectivity index (χ1v) is 7.63. The first-order chi connectivity index (χ1) is 8.41. The Morgan fingerprint density at radius 3 is 2.67 bits per heavy atom. The van der Waals surface area contributed by atoms with Crippen LogP contribution in [0.1, 0.15) is 5.89 Å². The molecule has 96 valence electrons. The molecule has 0 atom stereocenters. The van der Waals surface area contributed by atoms with Gasteiger partial charge >= 0.3 is 0 Å². The molecule has 1 aromatic carbocycles. The van der Waals surface area contributed by atoms with Crippen molar-refractivity contribution in [3.05, 3.63) is 28.6 Å². The quantitative estimate of drug-likeness (QED) is 0.911. The molecular formula is C10H10BrN3O3S. The van der Waals surface area contributed by atoms with Crippen LogP contribution in [0.15, 0.2) is 32.1 Å². The highest BCUT2D eigenvalue weighted by Gasteiger charge is 2.14. The van der Waals surface area contributed by atoms with Gasteiger partial charge in [0, 0.05) is 16.3 Å². The molecule has 0 aliphatic carbocycles. The lowest BCUT2D eigenvalue weighted by molar-refractivity contribution is 0.380. The average Bonchev–Trinajstić information content (AvgIpc) is 2.75. The third-order valence-electron chi connectivity index (χ3n) is 2.23. The molecular weight excluding hydrogens is 322 g/mol. The minimum absolute atomic E-state index is 0.162. The number of nitrogens with two attached hydrogens (primary N) is 1. The summed E-state index contributed by atoms with van der Waals surface area (Å²) >= 11 is 3.21. The molecule has 0 saturated heterocycles. The average molecular weight is 332 g/mol. The Morgan fingerprint density at radius 2 is 2.17 bits per heavy atom. The summed E-state index contributed by atoms with van der Waals surface area (Å²) < 4.78 is 28.3. The molecule has 0 saturated carbocycles.